The van der Waals surface area contributed by atoms with Crippen LogP contribution in [-0.4, -0.2) is 11.5 Å². The average Bonchev–Trinajstić information content (AvgIpc) is 2.48. The van der Waals surface area contributed by atoms with Crippen molar-refractivity contribution in [2.75, 3.05) is 6.54 Å². The molecule has 1 N–H and O–H groups in total. The fourth-order valence-corrected chi connectivity index (χ4v) is 1.95. The first kappa shape index (κ1) is 14.5. The molecule has 1 heterocycles. The Morgan fingerprint density at radius 2 is 1.80 bits per heavy atom. The van der Waals surface area contributed by atoms with Crippen LogP contribution in [0.25, 0.3) is 0 Å². The van der Waals surface area contributed by atoms with E-state index in [9.17, 15) is 0 Å². The molecule has 1 unspecified atom stereocenters. The smallest absolute Gasteiger partial charge is 0.145 e. The minimum absolute atomic E-state index is 0.366. The molecule has 2 rings (SSSR count). The Hall–Kier alpha value is -1.87. The van der Waals surface area contributed by atoms with Gasteiger partial charge in [-0.25, -0.2) is 0 Å². The van der Waals surface area contributed by atoms with Crippen LogP contribution in [0.15, 0.2) is 42.6 Å². The largest absolute Gasteiger partial charge is 0.456 e. The molecule has 0 aliphatic rings. The van der Waals surface area contributed by atoms with Crippen molar-refractivity contribution in [2.45, 2.75) is 33.2 Å². The Balaban J connectivity index is 1.99. The molecule has 0 saturated carbocycles. The van der Waals surface area contributed by atoms with Gasteiger partial charge in [0.15, 0.2) is 0 Å². The second-order valence-electron chi connectivity index (χ2n) is 4.98. The number of nitrogens with one attached hydrogen (secondary N) is 1. The number of hydrogen-bond donors (Lipinski definition) is 1. The van der Waals surface area contributed by atoms with E-state index in [2.05, 4.69) is 36.3 Å². The first-order valence-corrected chi connectivity index (χ1v) is 7.13. The lowest BCUT2D eigenvalue weighted by Gasteiger charge is -2.14. The number of rotatable bonds is 6. The Labute approximate surface area is 121 Å². The zero-order valence-electron chi connectivity index (χ0n) is 12.4. The van der Waals surface area contributed by atoms with Crippen molar-refractivity contribution in [3.05, 3.63) is 53.9 Å². The fourth-order valence-electron chi connectivity index (χ4n) is 1.95. The SMILES string of the molecule is CCCNC(C)c1ccc(Oc2ccc(C)nc2)cc1. The van der Waals surface area contributed by atoms with Crippen LogP contribution in [0.1, 0.15) is 37.6 Å². The van der Waals surface area contributed by atoms with Crippen molar-refractivity contribution in [1.82, 2.24) is 10.3 Å². The molecule has 0 fully saturated rings. The van der Waals surface area contributed by atoms with E-state index < -0.39 is 0 Å². The average molecular weight is 270 g/mol. The van der Waals surface area contributed by atoms with Crippen LogP contribution >= 0.6 is 0 Å². The zero-order valence-corrected chi connectivity index (χ0v) is 12.4. The van der Waals surface area contributed by atoms with E-state index in [1.54, 1.807) is 6.20 Å². The van der Waals surface area contributed by atoms with Gasteiger partial charge >= 0.3 is 0 Å². The van der Waals surface area contributed by atoms with Crippen molar-refractivity contribution in [3.8, 4) is 11.5 Å². The molecule has 3 heteroatoms. The number of aryl methyl sites for hydroxylation is 1. The number of ether oxygens (including phenoxy) is 1. The molecular weight excluding hydrogens is 248 g/mol. The van der Waals surface area contributed by atoms with Crippen molar-refractivity contribution in [1.29, 1.82) is 0 Å². The van der Waals surface area contributed by atoms with E-state index in [4.69, 9.17) is 4.74 Å². The summed E-state index contributed by atoms with van der Waals surface area (Å²) in [5.74, 6) is 1.60. The minimum atomic E-state index is 0.366. The van der Waals surface area contributed by atoms with Gasteiger partial charge in [0.25, 0.3) is 0 Å². The van der Waals surface area contributed by atoms with Gasteiger partial charge in [-0.2, -0.15) is 0 Å². The summed E-state index contributed by atoms with van der Waals surface area (Å²) in [5, 5.41) is 3.47. The lowest BCUT2D eigenvalue weighted by Crippen LogP contribution is -2.19. The maximum Gasteiger partial charge on any atom is 0.145 e. The monoisotopic (exact) mass is 270 g/mol. The normalized spacial score (nSPS) is 12.2. The third-order valence-corrected chi connectivity index (χ3v) is 3.20. The second kappa shape index (κ2) is 7.06. The summed E-state index contributed by atoms with van der Waals surface area (Å²) >= 11 is 0. The molecule has 2 aromatic rings. The lowest BCUT2D eigenvalue weighted by molar-refractivity contribution is 0.479. The maximum absolute atomic E-state index is 5.77. The fraction of sp³-hybridized carbons (Fsp3) is 0.353. The van der Waals surface area contributed by atoms with Crippen LogP contribution < -0.4 is 10.1 Å². The van der Waals surface area contributed by atoms with Gasteiger partial charge < -0.3 is 10.1 Å². The molecule has 20 heavy (non-hydrogen) atoms. The Morgan fingerprint density at radius 1 is 1.10 bits per heavy atom. The number of nitrogens with zero attached hydrogens (tertiary/aromatic N) is 1. The number of hydrogen-bond acceptors (Lipinski definition) is 3. The van der Waals surface area contributed by atoms with E-state index >= 15 is 0 Å². The van der Waals surface area contributed by atoms with Crippen molar-refractivity contribution >= 4 is 0 Å². The Kier molecular flexibility index (Phi) is 5.13. The molecule has 1 aromatic carbocycles. The Bertz CT molecular complexity index is 520. The second-order valence-corrected chi connectivity index (χ2v) is 4.98. The van der Waals surface area contributed by atoms with Crippen LogP contribution in [0.5, 0.6) is 11.5 Å². The number of pyridine rings is 1. The first-order chi connectivity index (χ1) is 9.69. The molecular formula is C17H22N2O. The molecule has 0 bridgehead atoms. The molecule has 0 amide bonds. The summed E-state index contributed by atoms with van der Waals surface area (Å²) in [6.07, 6.45) is 2.89. The first-order valence-electron chi connectivity index (χ1n) is 7.13. The van der Waals surface area contributed by atoms with Gasteiger partial charge in [0.05, 0.1) is 6.20 Å². The molecule has 106 valence electrons. The summed E-state index contributed by atoms with van der Waals surface area (Å²) in [6.45, 7) is 7.35. The molecule has 3 nitrogen and oxygen atoms in total. The standard InChI is InChI=1S/C17H22N2O/c1-4-11-18-14(3)15-6-9-16(10-7-15)20-17-8-5-13(2)19-12-17/h5-10,12,14,18H,4,11H2,1-3H3. The highest BCUT2D eigenvalue weighted by molar-refractivity contribution is 5.33. The van der Waals surface area contributed by atoms with Gasteiger partial charge in [0.1, 0.15) is 11.5 Å². The molecule has 0 aliphatic heterocycles. The van der Waals surface area contributed by atoms with E-state index in [1.165, 1.54) is 5.56 Å². The van der Waals surface area contributed by atoms with E-state index in [0.717, 1.165) is 30.2 Å². The van der Waals surface area contributed by atoms with Gasteiger partial charge in [-0.15, -0.1) is 0 Å². The predicted molar refractivity (Wildman–Crippen MR) is 82.2 cm³/mol. The summed E-state index contributed by atoms with van der Waals surface area (Å²) in [7, 11) is 0. The zero-order chi connectivity index (χ0) is 14.4. The van der Waals surface area contributed by atoms with Crippen LogP contribution in [0.4, 0.5) is 0 Å². The molecule has 1 atom stereocenters. The summed E-state index contributed by atoms with van der Waals surface area (Å²) in [6, 6.07) is 12.4. The predicted octanol–water partition coefficient (Wildman–Crippen LogP) is 4.24. The highest BCUT2D eigenvalue weighted by atomic mass is 16.5. The third kappa shape index (κ3) is 4.07. The van der Waals surface area contributed by atoms with E-state index in [1.807, 2.05) is 31.2 Å². The maximum atomic E-state index is 5.77. The van der Waals surface area contributed by atoms with Gasteiger partial charge in [-0.3, -0.25) is 4.98 Å². The molecule has 0 radical (unpaired) electrons. The quantitative estimate of drug-likeness (QED) is 0.852. The van der Waals surface area contributed by atoms with Crippen LogP contribution in [0.3, 0.4) is 0 Å². The van der Waals surface area contributed by atoms with Gasteiger partial charge in [-0.1, -0.05) is 19.1 Å². The summed E-state index contributed by atoms with van der Waals surface area (Å²) in [4.78, 5) is 4.22. The van der Waals surface area contributed by atoms with Crippen molar-refractivity contribution in [2.24, 2.45) is 0 Å². The Morgan fingerprint density at radius 3 is 2.40 bits per heavy atom. The van der Waals surface area contributed by atoms with Gasteiger partial charge in [0.2, 0.25) is 0 Å². The van der Waals surface area contributed by atoms with Crippen LogP contribution in [-0.2, 0) is 0 Å². The number of aromatic nitrogens is 1. The van der Waals surface area contributed by atoms with Crippen molar-refractivity contribution < 1.29 is 4.74 Å². The van der Waals surface area contributed by atoms with Gasteiger partial charge in [-0.05, 0) is 56.6 Å². The third-order valence-electron chi connectivity index (χ3n) is 3.20. The highest BCUT2D eigenvalue weighted by Gasteiger charge is 2.04. The lowest BCUT2D eigenvalue weighted by atomic mass is 10.1. The van der Waals surface area contributed by atoms with Crippen molar-refractivity contribution in [3.63, 3.8) is 0 Å². The van der Waals surface area contributed by atoms with E-state index in [-0.39, 0.29) is 0 Å². The molecule has 0 spiro atoms. The molecule has 0 aliphatic carbocycles. The minimum Gasteiger partial charge on any atom is -0.456 e. The van der Waals surface area contributed by atoms with Crippen LogP contribution in [0.2, 0.25) is 0 Å². The van der Waals surface area contributed by atoms with E-state index in [0.29, 0.717) is 6.04 Å². The topological polar surface area (TPSA) is 34.1 Å². The summed E-state index contributed by atoms with van der Waals surface area (Å²) in [5.41, 5.74) is 2.26. The molecule has 1 aromatic heterocycles. The summed E-state index contributed by atoms with van der Waals surface area (Å²) < 4.78 is 5.77. The van der Waals surface area contributed by atoms with Crippen LogP contribution in [0, 0.1) is 6.92 Å². The molecule has 0 saturated heterocycles. The highest BCUT2D eigenvalue weighted by Crippen LogP contribution is 2.22. The number of benzene rings is 1. The van der Waals surface area contributed by atoms with Gasteiger partial charge in [0, 0.05) is 11.7 Å².